The standard InChI is InChI=1S/C13H14N2O3/c16-13(17)12(8-5-6-8)14-7-11-15-9-3-1-2-4-10(9)18-11/h1-4,8,12,14H,5-7H2,(H,16,17). The quantitative estimate of drug-likeness (QED) is 0.841. The number of fused-ring (bicyclic) bond motifs is 1. The van der Waals surface area contributed by atoms with Gasteiger partial charge in [-0.2, -0.15) is 0 Å². The van der Waals surface area contributed by atoms with E-state index in [-0.39, 0.29) is 5.92 Å². The van der Waals surface area contributed by atoms with Crippen LogP contribution in [0.2, 0.25) is 0 Å². The molecular weight excluding hydrogens is 232 g/mol. The third-order valence-corrected chi connectivity index (χ3v) is 3.17. The number of para-hydroxylation sites is 2. The molecule has 18 heavy (non-hydrogen) atoms. The Bertz CT molecular complexity index is 541. The van der Waals surface area contributed by atoms with Crippen molar-refractivity contribution < 1.29 is 14.3 Å². The minimum atomic E-state index is -0.798. The Balaban J connectivity index is 1.70. The SMILES string of the molecule is O=C(O)C(NCc1nc2ccccc2o1)C1CC1. The normalized spacial score (nSPS) is 16.9. The number of carboxylic acid groups (broad SMARTS) is 1. The molecule has 2 N–H and O–H groups in total. The van der Waals surface area contributed by atoms with Crippen LogP contribution in [0, 0.1) is 5.92 Å². The Morgan fingerprint density at radius 1 is 1.50 bits per heavy atom. The Labute approximate surface area is 104 Å². The molecule has 0 aliphatic heterocycles. The maximum absolute atomic E-state index is 11.1. The molecule has 1 aromatic carbocycles. The van der Waals surface area contributed by atoms with Gasteiger partial charge in [0.15, 0.2) is 5.58 Å². The number of carboxylic acids is 1. The Morgan fingerprint density at radius 2 is 2.28 bits per heavy atom. The topological polar surface area (TPSA) is 75.4 Å². The number of benzene rings is 1. The van der Waals surface area contributed by atoms with Gasteiger partial charge in [-0.1, -0.05) is 12.1 Å². The zero-order valence-corrected chi connectivity index (χ0v) is 9.80. The number of oxazole rings is 1. The summed E-state index contributed by atoms with van der Waals surface area (Å²) < 4.78 is 5.53. The summed E-state index contributed by atoms with van der Waals surface area (Å²) in [6.07, 6.45) is 1.97. The number of nitrogens with one attached hydrogen (secondary N) is 1. The maximum atomic E-state index is 11.1. The summed E-state index contributed by atoms with van der Waals surface area (Å²) in [6.45, 7) is 0.349. The maximum Gasteiger partial charge on any atom is 0.320 e. The van der Waals surface area contributed by atoms with Crippen LogP contribution in [0.4, 0.5) is 0 Å². The Hall–Kier alpha value is -1.88. The average Bonchev–Trinajstić information content (AvgIpc) is 3.08. The number of hydrogen-bond acceptors (Lipinski definition) is 4. The summed E-state index contributed by atoms with van der Waals surface area (Å²) in [6, 6.07) is 7.01. The van der Waals surface area contributed by atoms with Gasteiger partial charge in [-0.05, 0) is 30.9 Å². The molecule has 0 spiro atoms. The van der Waals surface area contributed by atoms with E-state index < -0.39 is 12.0 Å². The van der Waals surface area contributed by atoms with Crippen molar-refractivity contribution in [2.45, 2.75) is 25.4 Å². The molecule has 0 radical (unpaired) electrons. The molecule has 1 aromatic heterocycles. The van der Waals surface area contributed by atoms with Crippen molar-refractivity contribution in [3.05, 3.63) is 30.2 Å². The van der Waals surface area contributed by atoms with E-state index >= 15 is 0 Å². The number of aliphatic carboxylic acids is 1. The zero-order chi connectivity index (χ0) is 12.5. The Morgan fingerprint density at radius 3 is 2.94 bits per heavy atom. The molecule has 2 aromatic rings. The number of carbonyl (C=O) groups is 1. The zero-order valence-electron chi connectivity index (χ0n) is 9.80. The summed E-state index contributed by atoms with van der Waals surface area (Å²) in [5.74, 6) is -0.0106. The van der Waals surface area contributed by atoms with E-state index in [9.17, 15) is 4.79 Å². The third-order valence-electron chi connectivity index (χ3n) is 3.17. The highest BCUT2D eigenvalue weighted by Gasteiger charge is 2.35. The summed E-state index contributed by atoms with van der Waals surface area (Å²) in [4.78, 5) is 15.4. The summed E-state index contributed by atoms with van der Waals surface area (Å²) >= 11 is 0. The smallest absolute Gasteiger partial charge is 0.320 e. The number of rotatable bonds is 5. The lowest BCUT2D eigenvalue weighted by atomic mass is 10.2. The molecule has 1 aliphatic rings. The van der Waals surface area contributed by atoms with E-state index in [4.69, 9.17) is 9.52 Å². The number of hydrogen-bond donors (Lipinski definition) is 2. The lowest BCUT2D eigenvalue weighted by Gasteiger charge is -2.11. The fourth-order valence-corrected chi connectivity index (χ4v) is 2.08. The van der Waals surface area contributed by atoms with Crippen molar-refractivity contribution in [3.63, 3.8) is 0 Å². The Kier molecular flexibility index (Phi) is 2.76. The molecule has 1 atom stereocenters. The van der Waals surface area contributed by atoms with E-state index in [0.717, 1.165) is 23.9 Å². The fourth-order valence-electron chi connectivity index (χ4n) is 2.08. The van der Waals surface area contributed by atoms with E-state index in [2.05, 4.69) is 10.3 Å². The molecule has 5 heteroatoms. The first-order chi connectivity index (χ1) is 8.74. The number of nitrogens with zero attached hydrogens (tertiary/aromatic N) is 1. The minimum absolute atomic E-state index is 0.256. The van der Waals surface area contributed by atoms with Gasteiger partial charge in [0.05, 0.1) is 6.54 Å². The number of aromatic nitrogens is 1. The van der Waals surface area contributed by atoms with Gasteiger partial charge in [0.2, 0.25) is 5.89 Å². The van der Waals surface area contributed by atoms with Crippen molar-refractivity contribution in [2.24, 2.45) is 5.92 Å². The first-order valence-electron chi connectivity index (χ1n) is 6.04. The molecule has 1 saturated carbocycles. The van der Waals surface area contributed by atoms with Crippen LogP contribution in [0.25, 0.3) is 11.1 Å². The second-order valence-corrected chi connectivity index (χ2v) is 4.61. The lowest BCUT2D eigenvalue weighted by Crippen LogP contribution is -2.38. The van der Waals surface area contributed by atoms with Crippen LogP contribution in [0.3, 0.4) is 0 Å². The van der Waals surface area contributed by atoms with E-state index in [1.807, 2.05) is 24.3 Å². The largest absolute Gasteiger partial charge is 0.480 e. The van der Waals surface area contributed by atoms with Gasteiger partial charge >= 0.3 is 5.97 Å². The van der Waals surface area contributed by atoms with Crippen LogP contribution in [0.5, 0.6) is 0 Å². The van der Waals surface area contributed by atoms with Gasteiger partial charge in [-0.25, -0.2) is 4.98 Å². The molecule has 1 heterocycles. The third kappa shape index (κ3) is 2.22. The van der Waals surface area contributed by atoms with Gasteiger partial charge in [0, 0.05) is 0 Å². The van der Waals surface area contributed by atoms with Crippen LogP contribution >= 0.6 is 0 Å². The van der Waals surface area contributed by atoms with Crippen LogP contribution in [-0.2, 0) is 11.3 Å². The molecule has 0 amide bonds. The highest BCUT2D eigenvalue weighted by atomic mass is 16.4. The molecule has 1 aliphatic carbocycles. The predicted molar refractivity (Wildman–Crippen MR) is 65.0 cm³/mol. The monoisotopic (exact) mass is 246 g/mol. The predicted octanol–water partition coefficient (Wildman–Crippen LogP) is 1.78. The van der Waals surface area contributed by atoms with Gasteiger partial charge in [-0.3, -0.25) is 10.1 Å². The minimum Gasteiger partial charge on any atom is -0.480 e. The van der Waals surface area contributed by atoms with Crippen LogP contribution in [-0.4, -0.2) is 22.1 Å². The van der Waals surface area contributed by atoms with E-state index in [1.54, 1.807) is 0 Å². The molecular formula is C13H14N2O3. The highest BCUT2D eigenvalue weighted by molar-refractivity contribution is 5.74. The summed E-state index contributed by atoms with van der Waals surface area (Å²) in [5, 5.41) is 12.1. The van der Waals surface area contributed by atoms with E-state index in [1.165, 1.54) is 0 Å². The average molecular weight is 246 g/mol. The molecule has 0 bridgehead atoms. The van der Waals surface area contributed by atoms with Crippen molar-refractivity contribution in [1.82, 2.24) is 10.3 Å². The van der Waals surface area contributed by atoms with Gasteiger partial charge < -0.3 is 9.52 Å². The second kappa shape index (κ2) is 4.42. The lowest BCUT2D eigenvalue weighted by molar-refractivity contribution is -0.140. The molecule has 1 fully saturated rings. The van der Waals surface area contributed by atoms with Crippen LogP contribution < -0.4 is 5.32 Å². The molecule has 3 rings (SSSR count). The van der Waals surface area contributed by atoms with Gasteiger partial charge in [0.25, 0.3) is 0 Å². The summed E-state index contributed by atoms with van der Waals surface area (Å²) in [5.41, 5.74) is 1.53. The second-order valence-electron chi connectivity index (χ2n) is 4.61. The first-order valence-corrected chi connectivity index (χ1v) is 6.04. The molecule has 94 valence electrons. The first kappa shape index (κ1) is 11.2. The fraction of sp³-hybridized carbons (Fsp3) is 0.385. The molecule has 0 saturated heterocycles. The van der Waals surface area contributed by atoms with Crippen molar-refractivity contribution in [1.29, 1.82) is 0 Å². The van der Waals surface area contributed by atoms with Crippen LogP contribution in [0.15, 0.2) is 28.7 Å². The van der Waals surface area contributed by atoms with Crippen molar-refractivity contribution in [3.8, 4) is 0 Å². The highest BCUT2D eigenvalue weighted by Crippen LogP contribution is 2.32. The van der Waals surface area contributed by atoms with Crippen molar-refractivity contribution >= 4 is 17.1 Å². The van der Waals surface area contributed by atoms with Gasteiger partial charge in [-0.15, -0.1) is 0 Å². The van der Waals surface area contributed by atoms with Gasteiger partial charge in [0.1, 0.15) is 11.6 Å². The van der Waals surface area contributed by atoms with Crippen molar-refractivity contribution in [2.75, 3.05) is 0 Å². The van der Waals surface area contributed by atoms with E-state index in [0.29, 0.717) is 12.4 Å². The van der Waals surface area contributed by atoms with Crippen LogP contribution in [0.1, 0.15) is 18.7 Å². The molecule has 1 unspecified atom stereocenters. The molecule has 5 nitrogen and oxygen atoms in total. The summed E-state index contributed by atoms with van der Waals surface area (Å²) in [7, 11) is 0.